The third-order valence-corrected chi connectivity index (χ3v) is 5.13. The highest BCUT2D eigenvalue weighted by atomic mass is 19.1. The lowest BCUT2D eigenvalue weighted by atomic mass is 10.0. The molecular formula is C23H22FN7O2. The predicted octanol–water partition coefficient (Wildman–Crippen LogP) is 3.09. The summed E-state index contributed by atoms with van der Waals surface area (Å²) >= 11 is 0. The van der Waals surface area contributed by atoms with Crippen molar-refractivity contribution in [3.05, 3.63) is 66.0 Å². The van der Waals surface area contributed by atoms with Crippen LogP contribution in [0.5, 0.6) is 11.6 Å². The number of nitrogens with one attached hydrogen (secondary N) is 3. The maximum absolute atomic E-state index is 14.2. The highest BCUT2D eigenvalue weighted by Gasteiger charge is 2.25. The molecular weight excluding hydrogens is 425 g/mol. The van der Waals surface area contributed by atoms with Crippen molar-refractivity contribution in [2.24, 2.45) is 5.73 Å². The van der Waals surface area contributed by atoms with Gasteiger partial charge in [0.05, 0.1) is 22.9 Å². The SMILES string of the molecule is N#Cc1ccc(Oc2ccc(Nc3cc(N[C@@H]4CCNC[C@@H]4F)c(C(N)=O)cn3)cc2)nc1. The number of primary amides is 1. The van der Waals surface area contributed by atoms with Crippen molar-refractivity contribution in [1.29, 1.82) is 5.26 Å². The molecule has 0 radical (unpaired) electrons. The van der Waals surface area contributed by atoms with E-state index >= 15 is 0 Å². The maximum Gasteiger partial charge on any atom is 0.252 e. The molecule has 2 aromatic heterocycles. The number of pyridine rings is 2. The fourth-order valence-corrected chi connectivity index (χ4v) is 3.40. The number of carbonyl (C=O) groups excluding carboxylic acids is 1. The van der Waals surface area contributed by atoms with Crippen LogP contribution in [0.25, 0.3) is 0 Å². The number of anilines is 3. The highest BCUT2D eigenvalue weighted by molar-refractivity contribution is 5.98. The molecule has 0 bridgehead atoms. The van der Waals surface area contributed by atoms with Crippen LogP contribution in [0.2, 0.25) is 0 Å². The summed E-state index contributed by atoms with van der Waals surface area (Å²) < 4.78 is 19.9. The Balaban J connectivity index is 1.46. The number of nitrogens with two attached hydrogens (primary N) is 1. The lowest BCUT2D eigenvalue weighted by Crippen LogP contribution is -2.45. The van der Waals surface area contributed by atoms with Crippen molar-refractivity contribution in [3.63, 3.8) is 0 Å². The minimum absolute atomic E-state index is 0.199. The van der Waals surface area contributed by atoms with Gasteiger partial charge in [0.15, 0.2) is 0 Å². The topological polar surface area (TPSA) is 138 Å². The molecule has 10 heteroatoms. The first-order valence-electron chi connectivity index (χ1n) is 10.3. The van der Waals surface area contributed by atoms with Crippen LogP contribution in [0.3, 0.4) is 0 Å². The van der Waals surface area contributed by atoms with E-state index in [0.29, 0.717) is 41.7 Å². The summed E-state index contributed by atoms with van der Waals surface area (Å²) in [6.45, 7) is 0.943. The Morgan fingerprint density at radius 1 is 1.21 bits per heavy atom. The van der Waals surface area contributed by atoms with Gasteiger partial charge in [-0.25, -0.2) is 14.4 Å². The largest absolute Gasteiger partial charge is 0.439 e. The number of ether oxygens (including phenoxy) is 1. The van der Waals surface area contributed by atoms with Crippen molar-refractivity contribution >= 4 is 23.1 Å². The number of alkyl halides is 1. The molecule has 0 unspecified atom stereocenters. The minimum atomic E-state index is -1.08. The van der Waals surface area contributed by atoms with Gasteiger partial charge in [0, 0.05) is 36.8 Å². The molecule has 3 heterocycles. The molecule has 3 aromatic rings. The Hall–Kier alpha value is -4.23. The molecule has 1 amide bonds. The van der Waals surface area contributed by atoms with Gasteiger partial charge in [0.25, 0.3) is 5.91 Å². The van der Waals surface area contributed by atoms with Crippen LogP contribution < -0.4 is 26.4 Å². The number of piperidine rings is 1. The van der Waals surface area contributed by atoms with Gasteiger partial charge in [-0.1, -0.05) is 0 Å². The van der Waals surface area contributed by atoms with E-state index in [9.17, 15) is 9.18 Å². The fourth-order valence-electron chi connectivity index (χ4n) is 3.40. The van der Waals surface area contributed by atoms with Crippen molar-refractivity contribution < 1.29 is 13.9 Å². The molecule has 0 aliphatic carbocycles. The molecule has 1 aliphatic heterocycles. The van der Waals surface area contributed by atoms with Crippen LogP contribution in [0.15, 0.2) is 54.9 Å². The zero-order chi connectivity index (χ0) is 23.2. The first-order chi connectivity index (χ1) is 16.0. The standard InChI is InChI=1S/C23H22FN7O2/c24-18-13-27-8-7-19(18)31-20-9-21(28-12-17(20)23(26)32)30-15-2-4-16(5-3-15)33-22-6-1-14(10-25)11-29-22/h1-6,9,11-12,18-19,27H,7-8,13H2,(H2,26,32)(H2,28,30,31)/t18-,19+/m0/s1. The minimum Gasteiger partial charge on any atom is -0.439 e. The Kier molecular flexibility index (Phi) is 6.61. The van der Waals surface area contributed by atoms with Gasteiger partial charge in [-0.2, -0.15) is 5.26 Å². The van der Waals surface area contributed by atoms with E-state index < -0.39 is 18.1 Å². The third kappa shape index (κ3) is 5.53. The molecule has 0 spiro atoms. The van der Waals surface area contributed by atoms with E-state index in [1.165, 1.54) is 12.4 Å². The van der Waals surface area contributed by atoms with Crippen LogP contribution in [-0.2, 0) is 0 Å². The van der Waals surface area contributed by atoms with Crippen molar-refractivity contribution in [2.45, 2.75) is 18.6 Å². The van der Waals surface area contributed by atoms with Crippen LogP contribution in [0.1, 0.15) is 22.3 Å². The predicted molar refractivity (Wildman–Crippen MR) is 121 cm³/mol. The molecule has 5 N–H and O–H groups in total. The molecule has 1 saturated heterocycles. The monoisotopic (exact) mass is 447 g/mol. The molecule has 1 aromatic carbocycles. The molecule has 1 fully saturated rings. The summed E-state index contributed by atoms with van der Waals surface area (Å²) in [5.41, 5.74) is 7.28. The Bertz CT molecular complexity index is 1160. The Morgan fingerprint density at radius 3 is 2.70 bits per heavy atom. The summed E-state index contributed by atoms with van der Waals surface area (Å²) in [5.74, 6) is 0.767. The number of benzene rings is 1. The number of amides is 1. The Labute approximate surface area is 189 Å². The van der Waals surface area contributed by atoms with Crippen LogP contribution in [-0.4, -0.2) is 41.2 Å². The second kappa shape index (κ2) is 9.93. The molecule has 9 nitrogen and oxygen atoms in total. The van der Waals surface area contributed by atoms with Gasteiger partial charge in [0.2, 0.25) is 5.88 Å². The number of aromatic nitrogens is 2. The van der Waals surface area contributed by atoms with Crippen molar-refractivity contribution in [1.82, 2.24) is 15.3 Å². The number of halogens is 1. The van der Waals surface area contributed by atoms with E-state index in [2.05, 4.69) is 25.9 Å². The van der Waals surface area contributed by atoms with Gasteiger partial charge in [-0.15, -0.1) is 0 Å². The van der Waals surface area contributed by atoms with Crippen LogP contribution in [0, 0.1) is 11.3 Å². The van der Waals surface area contributed by atoms with Crippen LogP contribution >= 0.6 is 0 Å². The second-order valence-corrected chi connectivity index (χ2v) is 7.49. The summed E-state index contributed by atoms with van der Waals surface area (Å²) in [6.07, 6.45) is 2.31. The number of rotatable bonds is 7. The smallest absolute Gasteiger partial charge is 0.252 e. The number of nitrogens with zero attached hydrogens (tertiary/aromatic N) is 3. The number of carbonyl (C=O) groups is 1. The molecule has 168 valence electrons. The number of nitriles is 1. The van der Waals surface area contributed by atoms with E-state index in [-0.39, 0.29) is 12.1 Å². The van der Waals surface area contributed by atoms with E-state index in [1.807, 2.05) is 6.07 Å². The number of hydrogen-bond acceptors (Lipinski definition) is 8. The summed E-state index contributed by atoms with van der Waals surface area (Å²) in [5, 5.41) is 18.1. The summed E-state index contributed by atoms with van der Waals surface area (Å²) in [4.78, 5) is 20.1. The lowest BCUT2D eigenvalue weighted by Gasteiger charge is -2.29. The first kappa shape index (κ1) is 22.0. The molecule has 1 aliphatic rings. The van der Waals surface area contributed by atoms with Gasteiger partial charge in [0.1, 0.15) is 23.8 Å². The third-order valence-electron chi connectivity index (χ3n) is 5.13. The maximum atomic E-state index is 14.2. The lowest BCUT2D eigenvalue weighted by molar-refractivity contribution is 0.100. The van der Waals surface area contributed by atoms with E-state index in [4.69, 9.17) is 15.7 Å². The summed E-state index contributed by atoms with van der Waals surface area (Å²) in [7, 11) is 0. The molecule has 2 atom stereocenters. The average molecular weight is 447 g/mol. The van der Waals surface area contributed by atoms with Gasteiger partial charge >= 0.3 is 0 Å². The average Bonchev–Trinajstić information content (AvgIpc) is 2.82. The number of hydrogen-bond donors (Lipinski definition) is 4. The van der Waals surface area contributed by atoms with Crippen molar-refractivity contribution in [2.75, 3.05) is 23.7 Å². The van der Waals surface area contributed by atoms with E-state index in [1.54, 1.807) is 42.5 Å². The van der Waals surface area contributed by atoms with Gasteiger partial charge < -0.3 is 26.4 Å². The first-order valence-corrected chi connectivity index (χ1v) is 10.3. The van der Waals surface area contributed by atoms with E-state index in [0.717, 1.165) is 5.69 Å². The molecule has 0 saturated carbocycles. The summed E-state index contributed by atoms with van der Waals surface area (Å²) in [6, 6.07) is 13.5. The zero-order valence-corrected chi connectivity index (χ0v) is 17.6. The van der Waals surface area contributed by atoms with Crippen LogP contribution in [0.4, 0.5) is 21.6 Å². The molecule has 33 heavy (non-hydrogen) atoms. The quantitative estimate of drug-likeness (QED) is 0.433. The van der Waals surface area contributed by atoms with Gasteiger partial charge in [-0.05, 0) is 43.3 Å². The zero-order valence-electron chi connectivity index (χ0n) is 17.6. The fraction of sp³-hybridized carbons (Fsp3) is 0.217. The molecule has 4 rings (SSSR count). The highest BCUT2D eigenvalue weighted by Crippen LogP contribution is 2.26. The normalized spacial score (nSPS) is 17.6. The van der Waals surface area contributed by atoms with Gasteiger partial charge in [-0.3, -0.25) is 4.79 Å². The second-order valence-electron chi connectivity index (χ2n) is 7.49. The Morgan fingerprint density at radius 2 is 2.03 bits per heavy atom. The van der Waals surface area contributed by atoms with Crippen molar-refractivity contribution in [3.8, 4) is 17.7 Å².